The monoisotopic (exact) mass is 450 g/mol. The zero-order valence-corrected chi connectivity index (χ0v) is 18.0. The Morgan fingerprint density at radius 3 is 2.63 bits per heavy atom. The van der Waals surface area contributed by atoms with E-state index in [4.69, 9.17) is 16.3 Å². The van der Waals surface area contributed by atoms with Crippen LogP contribution in [0.5, 0.6) is 5.75 Å². The lowest BCUT2D eigenvalue weighted by Gasteiger charge is -2.16. The molecule has 0 aliphatic heterocycles. The fourth-order valence-electron chi connectivity index (χ4n) is 2.75. The minimum absolute atomic E-state index is 0.0887. The van der Waals surface area contributed by atoms with E-state index in [9.17, 15) is 18.0 Å². The number of carbonyl (C=O) groups excluding carboxylic acids is 1. The standard InChI is InChI=1S/C19H19ClN4O5S/c1-23(2)30(27,28)17-9-13(5-7-16(17)29-3)22-18(25)10-24-11-21-15-8-12(20)4-6-14(15)19(24)26/h4-9,11H,10H2,1-3H3,(H,22,25). The molecule has 1 aromatic heterocycles. The van der Waals surface area contributed by atoms with E-state index < -0.39 is 21.5 Å². The molecule has 1 heterocycles. The highest BCUT2D eigenvalue weighted by Crippen LogP contribution is 2.28. The number of hydrogen-bond acceptors (Lipinski definition) is 6. The summed E-state index contributed by atoms with van der Waals surface area (Å²) < 4.78 is 32.3. The number of aromatic nitrogens is 2. The number of sulfonamides is 1. The Labute approximate surface area is 177 Å². The summed E-state index contributed by atoms with van der Waals surface area (Å²) >= 11 is 5.90. The van der Waals surface area contributed by atoms with Crippen molar-refractivity contribution in [3.05, 3.63) is 58.1 Å². The molecule has 0 spiro atoms. The highest BCUT2D eigenvalue weighted by atomic mass is 35.5. The largest absolute Gasteiger partial charge is 0.495 e. The van der Waals surface area contributed by atoms with Gasteiger partial charge in [-0.15, -0.1) is 0 Å². The Balaban J connectivity index is 1.87. The number of methoxy groups -OCH3 is 1. The van der Waals surface area contributed by atoms with E-state index in [1.807, 2.05) is 0 Å². The molecule has 0 saturated heterocycles. The third-order valence-corrected chi connectivity index (χ3v) is 6.38. The van der Waals surface area contributed by atoms with E-state index in [1.165, 1.54) is 45.7 Å². The average molecular weight is 451 g/mol. The lowest BCUT2D eigenvalue weighted by Crippen LogP contribution is -2.28. The Hall–Kier alpha value is -2.95. The molecule has 2 aromatic carbocycles. The van der Waals surface area contributed by atoms with Crippen LogP contribution < -0.4 is 15.6 Å². The quantitative estimate of drug-likeness (QED) is 0.614. The number of fused-ring (bicyclic) bond motifs is 1. The van der Waals surface area contributed by atoms with Gasteiger partial charge in [0, 0.05) is 24.8 Å². The van der Waals surface area contributed by atoms with Gasteiger partial charge in [-0.2, -0.15) is 0 Å². The first-order valence-electron chi connectivity index (χ1n) is 8.68. The summed E-state index contributed by atoms with van der Waals surface area (Å²) in [6.07, 6.45) is 1.26. The molecule has 11 heteroatoms. The number of halogens is 1. The van der Waals surface area contributed by atoms with Crippen LogP contribution in [0.15, 0.2) is 52.4 Å². The maximum Gasteiger partial charge on any atom is 0.261 e. The highest BCUT2D eigenvalue weighted by Gasteiger charge is 2.23. The summed E-state index contributed by atoms with van der Waals surface area (Å²) in [6.45, 7) is -0.299. The molecule has 1 amide bonds. The topological polar surface area (TPSA) is 111 Å². The van der Waals surface area contributed by atoms with Crippen LogP contribution in [0, 0.1) is 0 Å². The van der Waals surface area contributed by atoms with E-state index >= 15 is 0 Å². The van der Waals surface area contributed by atoms with Gasteiger partial charge < -0.3 is 10.1 Å². The molecular weight excluding hydrogens is 432 g/mol. The number of nitrogens with zero attached hydrogens (tertiary/aromatic N) is 3. The summed E-state index contributed by atoms with van der Waals surface area (Å²) in [6, 6.07) is 8.93. The number of ether oxygens (including phenoxy) is 1. The van der Waals surface area contributed by atoms with E-state index in [2.05, 4.69) is 10.3 Å². The van der Waals surface area contributed by atoms with Gasteiger partial charge in [-0.3, -0.25) is 14.2 Å². The summed E-state index contributed by atoms with van der Waals surface area (Å²) in [5, 5.41) is 3.38. The van der Waals surface area contributed by atoms with Crippen LogP contribution >= 0.6 is 11.6 Å². The zero-order chi connectivity index (χ0) is 22.1. The molecule has 0 aliphatic carbocycles. The second-order valence-electron chi connectivity index (χ2n) is 6.54. The fraction of sp³-hybridized carbons (Fsp3) is 0.211. The van der Waals surface area contributed by atoms with Gasteiger partial charge in [0.25, 0.3) is 5.56 Å². The third kappa shape index (κ3) is 4.30. The van der Waals surface area contributed by atoms with Crippen LogP contribution in [0.1, 0.15) is 0 Å². The molecule has 0 aliphatic rings. The second kappa shape index (κ2) is 8.42. The highest BCUT2D eigenvalue weighted by molar-refractivity contribution is 7.89. The van der Waals surface area contributed by atoms with Gasteiger partial charge in [-0.1, -0.05) is 11.6 Å². The molecule has 0 radical (unpaired) electrons. The maximum atomic E-state index is 12.6. The Bertz CT molecular complexity index is 1290. The Morgan fingerprint density at radius 1 is 1.23 bits per heavy atom. The number of hydrogen-bond donors (Lipinski definition) is 1. The molecule has 3 rings (SSSR count). The minimum Gasteiger partial charge on any atom is -0.495 e. The predicted octanol–water partition coefficient (Wildman–Crippen LogP) is 1.95. The number of nitrogens with one attached hydrogen (secondary N) is 1. The maximum absolute atomic E-state index is 12.6. The number of benzene rings is 2. The molecule has 9 nitrogen and oxygen atoms in total. The van der Waals surface area contributed by atoms with Gasteiger partial charge in [-0.05, 0) is 36.4 Å². The molecule has 0 unspecified atom stereocenters. The summed E-state index contributed by atoms with van der Waals surface area (Å²) in [7, 11) is 0.356. The van der Waals surface area contributed by atoms with Crippen LogP contribution in [-0.2, 0) is 21.4 Å². The van der Waals surface area contributed by atoms with Crippen molar-refractivity contribution in [3.8, 4) is 5.75 Å². The van der Waals surface area contributed by atoms with Crippen LogP contribution in [0.25, 0.3) is 10.9 Å². The van der Waals surface area contributed by atoms with Crippen molar-refractivity contribution < 1.29 is 17.9 Å². The smallest absolute Gasteiger partial charge is 0.261 e. The molecule has 30 heavy (non-hydrogen) atoms. The first-order valence-corrected chi connectivity index (χ1v) is 10.5. The molecule has 0 fully saturated rings. The zero-order valence-electron chi connectivity index (χ0n) is 16.4. The van der Waals surface area contributed by atoms with Gasteiger partial charge >= 0.3 is 0 Å². The summed E-state index contributed by atoms with van der Waals surface area (Å²) in [5.74, 6) is -0.374. The molecule has 0 atom stereocenters. The van der Waals surface area contributed by atoms with E-state index in [-0.39, 0.29) is 22.9 Å². The van der Waals surface area contributed by atoms with Gasteiger partial charge in [0.2, 0.25) is 15.9 Å². The van der Waals surface area contributed by atoms with E-state index in [0.29, 0.717) is 15.9 Å². The fourth-order valence-corrected chi connectivity index (χ4v) is 3.99. The SMILES string of the molecule is COc1ccc(NC(=O)Cn2cnc3cc(Cl)ccc3c2=O)cc1S(=O)(=O)N(C)C. The summed E-state index contributed by atoms with van der Waals surface area (Å²) in [4.78, 5) is 29.1. The molecule has 0 saturated carbocycles. The van der Waals surface area contributed by atoms with E-state index in [1.54, 1.807) is 18.2 Å². The molecule has 158 valence electrons. The first-order chi connectivity index (χ1) is 14.1. The number of carbonyl (C=O) groups is 1. The van der Waals surface area contributed by atoms with Gasteiger partial charge in [0.1, 0.15) is 17.2 Å². The van der Waals surface area contributed by atoms with Crippen molar-refractivity contribution in [2.24, 2.45) is 0 Å². The van der Waals surface area contributed by atoms with Crippen LogP contribution in [0.4, 0.5) is 5.69 Å². The number of anilines is 1. The molecule has 3 aromatic rings. The lowest BCUT2D eigenvalue weighted by molar-refractivity contribution is -0.116. The molecular formula is C19H19ClN4O5S. The van der Waals surface area contributed by atoms with Gasteiger partial charge in [0.15, 0.2) is 0 Å². The predicted molar refractivity (Wildman–Crippen MR) is 114 cm³/mol. The second-order valence-corrected chi connectivity index (χ2v) is 9.10. The van der Waals surface area contributed by atoms with Crippen molar-refractivity contribution in [3.63, 3.8) is 0 Å². The molecule has 1 N–H and O–H groups in total. The van der Waals surface area contributed by atoms with Crippen molar-refractivity contribution in [1.82, 2.24) is 13.9 Å². The van der Waals surface area contributed by atoms with Crippen molar-refractivity contribution in [2.75, 3.05) is 26.5 Å². The van der Waals surface area contributed by atoms with Crippen LogP contribution in [-0.4, -0.2) is 49.4 Å². The third-order valence-electron chi connectivity index (χ3n) is 4.31. The van der Waals surface area contributed by atoms with Crippen LogP contribution in [0.2, 0.25) is 5.02 Å². The average Bonchev–Trinajstić information content (AvgIpc) is 2.69. The van der Waals surface area contributed by atoms with Crippen molar-refractivity contribution in [2.45, 2.75) is 11.4 Å². The van der Waals surface area contributed by atoms with E-state index in [0.717, 1.165) is 8.87 Å². The summed E-state index contributed by atoms with van der Waals surface area (Å²) in [5.41, 5.74) is 0.282. The first kappa shape index (κ1) is 21.8. The Kier molecular flexibility index (Phi) is 6.11. The van der Waals surface area contributed by atoms with Gasteiger partial charge in [-0.25, -0.2) is 17.7 Å². The molecule has 0 bridgehead atoms. The normalized spacial score (nSPS) is 11.6. The van der Waals surface area contributed by atoms with Crippen molar-refractivity contribution >= 4 is 44.1 Å². The number of rotatable bonds is 6. The minimum atomic E-state index is -3.79. The lowest BCUT2D eigenvalue weighted by atomic mass is 10.2. The Morgan fingerprint density at radius 2 is 1.97 bits per heavy atom. The number of amides is 1. The van der Waals surface area contributed by atoms with Crippen molar-refractivity contribution in [1.29, 1.82) is 0 Å². The van der Waals surface area contributed by atoms with Crippen LogP contribution in [0.3, 0.4) is 0 Å². The van der Waals surface area contributed by atoms with Gasteiger partial charge in [0.05, 0.1) is 24.3 Å².